The molecule has 0 atom stereocenters. The molecule has 1 amide bonds. The number of pyridine rings is 1. The van der Waals surface area contributed by atoms with Crippen LogP contribution in [-0.4, -0.2) is 15.3 Å². The van der Waals surface area contributed by atoms with E-state index in [0.717, 1.165) is 47.4 Å². The third-order valence-electron chi connectivity index (χ3n) is 4.20. The largest absolute Gasteiger partial charge is 0.320 e. The van der Waals surface area contributed by atoms with Gasteiger partial charge in [-0.25, -0.2) is 4.98 Å². The summed E-state index contributed by atoms with van der Waals surface area (Å²) in [6.07, 6.45) is 4.55. The first-order chi connectivity index (χ1) is 11.6. The summed E-state index contributed by atoms with van der Waals surface area (Å²) in [6.45, 7) is 6.22. The predicted molar refractivity (Wildman–Crippen MR) is 97.7 cm³/mol. The fraction of sp³-hybridized carbons (Fsp3) is 0.300. The van der Waals surface area contributed by atoms with Crippen molar-refractivity contribution in [1.29, 1.82) is 0 Å². The summed E-state index contributed by atoms with van der Waals surface area (Å²) in [5, 5.41) is 3.07. The van der Waals surface area contributed by atoms with Crippen molar-refractivity contribution < 1.29 is 4.79 Å². The Hall–Kier alpha value is -2.62. The lowest BCUT2D eigenvalue weighted by molar-refractivity contribution is 0.102. The van der Waals surface area contributed by atoms with E-state index in [1.54, 1.807) is 0 Å². The summed E-state index contributed by atoms with van der Waals surface area (Å²) in [5.41, 5.74) is 5.46. The van der Waals surface area contributed by atoms with Gasteiger partial charge in [0.25, 0.3) is 5.91 Å². The van der Waals surface area contributed by atoms with Gasteiger partial charge < -0.3 is 5.32 Å². The average Bonchev–Trinajstić information content (AvgIpc) is 2.92. The molecule has 0 fully saturated rings. The lowest BCUT2D eigenvalue weighted by Gasteiger charge is -2.10. The molecule has 0 saturated heterocycles. The molecule has 2 heterocycles. The van der Waals surface area contributed by atoms with Gasteiger partial charge in [-0.15, -0.1) is 0 Å². The van der Waals surface area contributed by atoms with Crippen molar-refractivity contribution in [3.8, 4) is 0 Å². The average molecular weight is 321 g/mol. The number of nitrogens with zero attached hydrogens (tertiary/aromatic N) is 2. The highest BCUT2D eigenvalue weighted by Crippen LogP contribution is 2.20. The van der Waals surface area contributed by atoms with Gasteiger partial charge in [-0.3, -0.25) is 9.20 Å². The van der Waals surface area contributed by atoms with E-state index >= 15 is 0 Å². The van der Waals surface area contributed by atoms with Crippen LogP contribution in [0.1, 0.15) is 47.6 Å². The van der Waals surface area contributed by atoms with Crippen molar-refractivity contribution in [1.82, 2.24) is 9.38 Å². The monoisotopic (exact) mass is 321 g/mol. The van der Waals surface area contributed by atoms with E-state index in [9.17, 15) is 4.79 Å². The number of aromatic nitrogens is 2. The molecule has 1 N–H and O–H groups in total. The molecule has 2 aromatic heterocycles. The molecule has 4 heteroatoms. The van der Waals surface area contributed by atoms with E-state index in [1.807, 2.05) is 53.9 Å². The van der Waals surface area contributed by atoms with Crippen LogP contribution in [0, 0.1) is 6.92 Å². The molecule has 3 aromatic rings. The van der Waals surface area contributed by atoms with E-state index < -0.39 is 0 Å². The summed E-state index contributed by atoms with van der Waals surface area (Å²) < 4.78 is 1.89. The Morgan fingerprint density at radius 2 is 2.00 bits per heavy atom. The van der Waals surface area contributed by atoms with Crippen LogP contribution >= 0.6 is 0 Å². The maximum Gasteiger partial charge on any atom is 0.274 e. The normalized spacial score (nSPS) is 11.0. The second-order valence-corrected chi connectivity index (χ2v) is 6.05. The molecule has 1 aromatic carbocycles. The zero-order valence-corrected chi connectivity index (χ0v) is 14.5. The second kappa shape index (κ2) is 6.87. The topological polar surface area (TPSA) is 46.4 Å². The smallest absolute Gasteiger partial charge is 0.274 e. The molecule has 0 spiro atoms. The first-order valence-electron chi connectivity index (χ1n) is 8.50. The van der Waals surface area contributed by atoms with Crippen LogP contribution in [0.2, 0.25) is 0 Å². The zero-order valence-electron chi connectivity index (χ0n) is 14.5. The summed E-state index contributed by atoms with van der Waals surface area (Å²) in [6, 6.07) is 11.9. The van der Waals surface area contributed by atoms with Crippen molar-refractivity contribution in [3.05, 3.63) is 65.1 Å². The number of carbonyl (C=O) groups excluding carboxylic acids is 1. The number of imidazole rings is 1. The minimum Gasteiger partial charge on any atom is -0.320 e. The number of hydrogen-bond donors (Lipinski definition) is 1. The Balaban J connectivity index is 2.03. The predicted octanol–water partition coefficient (Wildman–Crippen LogP) is 4.41. The number of hydrogen-bond acceptors (Lipinski definition) is 2. The highest BCUT2D eigenvalue weighted by molar-refractivity contribution is 6.05. The van der Waals surface area contributed by atoms with E-state index in [1.165, 1.54) is 0 Å². The number of amides is 1. The summed E-state index contributed by atoms with van der Waals surface area (Å²) in [4.78, 5) is 17.6. The number of aryl methyl sites for hydroxylation is 3. The highest BCUT2D eigenvalue weighted by Gasteiger charge is 2.19. The summed E-state index contributed by atoms with van der Waals surface area (Å²) in [7, 11) is 0. The van der Waals surface area contributed by atoms with E-state index in [-0.39, 0.29) is 5.91 Å². The van der Waals surface area contributed by atoms with Crippen LogP contribution < -0.4 is 5.32 Å². The van der Waals surface area contributed by atoms with Gasteiger partial charge in [-0.05, 0) is 49.1 Å². The fourth-order valence-corrected chi connectivity index (χ4v) is 2.98. The van der Waals surface area contributed by atoms with Crippen LogP contribution in [0.25, 0.3) is 5.65 Å². The minimum atomic E-state index is -0.101. The van der Waals surface area contributed by atoms with Crippen molar-refractivity contribution >= 4 is 17.2 Å². The maximum atomic E-state index is 13.0. The zero-order chi connectivity index (χ0) is 17.1. The van der Waals surface area contributed by atoms with Crippen molar-refractivity contribution in [2.75, 3.05) is 5.32 Å². The number of benzene rings is 1. The third-order valence-corrected chi connectivity index (χ3v) is 4.20. The summed E-state index contributed by atoms with van der Waals surface area (Å²) in [5.74, 6) is -0.101. The molecule has 0 saturated carbocycles. The van der Waals surface area contributed by atoms with Crippen LogP contribution in [-0.2, 0) is 12.8 Å². The van der Waals surface area contributed by atoms with Gasteiger partial charge in [0.05, 0.1) is 5.69 Å². The molecular weight excluding hydrogens is 298 g/mol. The van der Waals surface area contributed by atoms with Crippen LogP contribution in [0.3, 0.4) is 0 Å². The molecule has 4 nitrogen and oxygen atoms in total. The van der Waals surface area contributed by atoms with Gasteiger partial charge >= 0.3 is 0 Å². The van der Waals surface area contributed by atoms with Gasteiger partial charge in [0.15, 0.2) is 0 Å². The highest BCUT2D eigenvalue weighted by atomic mass is 16.2. The quantitative estimate of drug-likeness (QED) is 0.756. The first kappa shape index (κ1) is 16.2. The molecule has 0 aliphatic carbocycles. The lowest BCUT2D eigenvalue weighted by atomic mass is 10.1. The van der Waals surface area contributed by atoms with Crippen LogP contribution in [0.4, 0.5) is 5.69 Å². The van der Waals surface area contributed by atoms with Gasteiger partial charge in [0.1, 0.15) is 11.3 Å². The Labute approximate surface area is 142 Å². The maximum absolute atomic E-state index is 13.0. The Bertz CT molecular complexity index is 880. The van der Waals surface area contributed by atoms with Gasteiger partial charge in [0, 0.05) is 11.9 Å². The SMILES string of the molecule is CCCc1nc2cc(C)ccn2c1C(=O)Nc1ccccc1CC. The lowest BCUT2D eigenvalue weighted by Crippen LogP contribution is -2.17. The van der Waals surface area contributed by atoms with Gasteiger partial charge in [-0.1, -0.05) is 38.5 Å². The molecule has 0 unspecified atom stereocenters. The number of rotatable bonds is 5. The fourth-order valence-electron chi connectivity index (χ4n) is 2.98. The van der Waals surface area contributed by atoms with Crippen LogP contribution in [0.5, 0.6) is 0 Å². The molecule has 24 heavy (non-hydrogen) atoms. The molecule has 0 bridgehead atoms. The first-order valence-corrected chi connectivity index (χ1v) is 8.50. The molecule has 0 aliphatic rings. The van der Waals surface area contributed by atoms with Crippen molar-refractivity contribution in [2.24, 2.45) is 0 Å². The van der Waals surface area contributed by atoms with Crippen molar-refractivity contribution in [2.45, 2.75) is 40.0 Å². The molecule has 124 valence electrons. The third kappa shape index (κ3) is 3.04. The summed E-state index contributed by atoms with van der Waals surface area (Å²) >= 11 is 0. The van der Waals surface area contributed by atoms with E-state index in [0.29, 0.717) is 5.69 Å². The number of anilines is 1. The number of para-hydroxylation sites is 1. The number of nitrogens with one attached hydrogen (secondary N) is 1. The molecule has 3 rings (SSSR count). The number of carbonyl (C=O) groups is 1. The Morgan fingerprint density at radius 1 is 1.21 bits per heavy atom. The van der Waals surface area contributed by atoms with Gasteiger partial charge in [0.2, 0.25) is 0 Å². The van der Waals surface area contributed by atoms with E-state index in [4.69, 9.17) is 0 Å². The Kier molecular flexibility index (Phi) is 4.65. The molecule has 0 aliphatic heterocycles. The molecular formula is C20H23N3O. The van der Waals surface area contributed by atoms with Crippen LogP contribution in [0.15, 0.2) is 42.6 Å². The molecule has 0 radical (unpaired) electrons. The second-order valence-electron chi connectivity index (χ2n) is 6.05. The minimum absolute atomic E-state index is 0.101. The Morgan fingerprint density at radius 3 is 2.75 bits per heavy atom. The van der Waals surface area contributed by atoms with Crippen molar-refractivity contribution in [3.63, 3.8) is 0 Å². The van der Waals surface area contributed by atoms with Gasteiger partial charge in [-0.2, -0.15) is 0 Å². The standard InChI is InChI=1S/C20H23N3O/c1-4-8-17-19(23-12-11-14(3)13-18(23)21-17)20(24)22-16-10-7-6-9-15(16)5-2/h6-7,9-13H,4-5,8H2,1-3H3,(H,22,24). The number of fused-ring (bicyclic) bond motifs is 1. The van der Waals surface area contributed by atoms with E-state index in [2.05, 4.69) is 24.1 Å².